The lowest BCUT2D eigenvalue weighted by Gasteiger charge is -2.29. The summed E-state index contributed by atoms with van der Waals surface area (Å²) in [5.74, 6) is 0. The van der Waals surface area contributed by atoms with Gasteiger partial charge in [0.2, 0.25) is 0 Å². The maximum atomic E-state index is 12.5. The molecule has 0 saturated heterocycles. The van der Waals surface area contributed by atoms with Crippen molar-refractivity contribution in [1.82, 2.24) is 10.2 Å². The maximum Gasteiger partial charge on any atom is 0.401 e. The van der Waals surface area contributed by atoms with Crippen LogP contribution in [0, 0.1) is 0 Å². The Labute approximate surface area is 102 Å². The van der Waals surface area contributed by atoms with Crippen molar-refractivity contribution >= 4 is 0 Å². The van der Waals surface area contributed by atoms with Crippen LogP contribution in [0.2, 0.25) is 0 Å². The van der Waals surface area contributed by atoms with E-state index in [2.05, 4.69) is 5.32 Å². The minimum absolute atomic E-state index is 0.0978. The summed E-state index contributed by atoms with van der Waals surface area (Å²) in [5.41, 5.74) is 0. The molecule has 0 aliphatic heterocycles. The molecule has 1 fully saturated rings. The van der Waals surface area contributed by atoms with E-state index in [-0.39, 0.29) is 6.04 Å². The Morgan fingerprint density at radius 3 is 2.47 bits per heavy atom. The molecule has 0 spiro atoms. The molecule has 0 heterocycles. The minimum Gasteiger partial charge on any atom is -0.314 e. The first kappa shape index (κ1) is 14.8. The monoisotopic (exact) mass is 252 g/mol. The summed E-state index contributed by atoms with van der Waals surface area (Å²) in [6.07, 6.45) is -0.571. The summed E-state index contributed by atoms with van der Waals surface area (Å²) in [5, 5.41) is 3.33. The summed E-state index contributed by atoms with van der Waals surface area (Å²) in [4.78, 5) is 1.61. The molecule has 2 unspecified atom stereocenters. The van der Waals surface area contributed by atoms with Crippen LogP contribution >= 0.6 is 0 Å². The Kier molecular flexibility index (Phi) is 5.73. The van der Waals surface area contributed by atoms with Gasteiger partial charge in [0.1, 0.15) is 0 Å². The molecule has 2 atom stereocenters. The van der Waals surface area contributed by atoms with Crippen molar-refractivity contribution in [2.75, 3.05) is 19.6 Å². The number of nitrogens with zero attached hydrogens (tertiary/aromatic N) is 1. The Balaban J connectivity index is 2.48. The fourth-order valence-corrected chi connectivity index (χ4v) is 2.67. The molecule has 0 aromatic heterocycles. The van der Waals surface area contributed by atoms with Gasteiger partial charge in [0.05, 0.1) is 6.54 Å². The van der Waals surface area contributed by atoms with Crippen molar-refractivity contribution in [2.45, 2.75) is 57.8 Å². The number of hydrogen-bond donors (Lipinski definition) is 1. The number of alkyl halides is 3. The van der Waals surface area contributed by atoms with Crippen LogP contribution in [0.3, 0.4) is 0 Å². The molecule has 0 aromatic rings. The predicted molar refractivity (Wildman–Crippen MR) is 63.0 cm³/mol. The lowest BCUT2D eigenvalue weighted by atomic mass is 10.2. The normalized spacial score (nSPS) is 25.8. The third kappa shape index (κ3) is 5.25. The van der Waals surface area contributed by atoms with Crippen LogP contribution in [-0.2, 0) is 0 Å². The Morgan fingerprint density at radius 1 is 1.24 bits per heavy atom. The third-order valence-corrected chi connectivity index (χ3v) is 3.31. The second kappa shape index (κ2) is 6.59. The van der Waals surface area contributed by atoms with E-state index in [9.17, 15) is 13.2 Å². The van der Waals surface area contributed by atoms with Crippen molar-refractivity contribution in [1.29, 1.82) is 0 Å². The maximum absolute atomic E-state index is 12.5. The fourth-order valence-electron chi connectivity index (χ4n) is 2.67. The first-order valence-corrected chi connectivity index (χ1v) is 6.50. The number of rotatable bonds is 6. The number of halogens is 3. The van der Waals surface area contributed by atoms with Gasteiger partial charge in [-0.1, -0.05) is 13.8 Å². The van der Waals surface area contributed by atoms with Crippen molar-refractivity contribution in [2.24, 2.45) is 0 Å². The van der Waals surface area contributed by atoms with Gasteiger partial charge in [-0.15, -0.1) is 0 Å². The van der Waals surface area contributed by atoms with Crippen LogP contribution in [0.25, 0.3) is 0 Å². The summed E-state index contributed by atoms with van der Waals surface area (Å²) in [6.45, 7) is 4.64. The highest BCUT2D eigenvalue weighted by Gasteiger charge is 2.36. The van der Waals surface area contributed by atoms with Gasteiger partial charge in [0.15, 0.2) is 0 Å². The molecule has 0 amide bonds. The molecule has 102 valence electrons. The van der Waals surface area contributed by atoms with Gasteiger partial charge < -0.3 is 5.32 Å². The molecule has 0 bridgehead atoms. The fraction of sp³-hybridized carbons (Fsp3) is 1.00. The largest absolute Gasteiger partial charge is 0.401 e. The van der Waals surface area contributed by atoms with Gasteiger partial charge in [-0.2, -0.15) is 13.2 Å². The summed E-state index contributed by atoms with van der Waals surface area (Å²) >= 11 is 0. The van der Waals surface area contributed by atoms with Crippen LogP contribution in [-0.4, -0.2) is 42.8 Å². The molecule has 1 rings (SSSR count). The van der Waals surface area contributed by atoms with Crippen molar-refractivity contribution in [3.8, 4) is 0 Å². The van der Waals surface area contributed by atoms with E-state index < -0.39 is 12.7 Å². The van der Waals surface area contributed by atoms with E-state index in [1.807, 2.05) is 13.8 Å². The standard InChI is InChI=1S/C12H23F3N2/c1-3-7-17(9-12(13,14)15)11-6-5-10(8-11)16-4-2/h10-11,16H,3-9H2,1-2H3. The average Bonchev–Trinajstić information content (AvgIpc) is 2.64. The van der Waals surface area contributed by atoms with E-state index in [4.69, 9.17) is 0 Å². The zero-order valence-electron chi connectivity index (χ0n) is 10.7. The molecule has 5 heteroatoms. The van der Waals surface area contributed by atoms with Crippen LogP contribution in [0.1, 0.15) is 39.5 Å². The van der Waals surface area contributed by atoms with E-state index in [0.29, 0.717) is 12.6 Å². The molecule has 1 N–H and O–H groups in total. The summed E-state index contributed by atoms with van der Waals surface area (Å²) < 4.78 is 37.4. The van der Waals surface area contributed by atoms with Gasteiger partial charge in [-0.25, -0.2) is 0 Å². The highest BCUT2D eigenvalue weighted by Crippen LogP contribution is 2.27. The molecule has 1 saturated carbocycles. The number of nitrogens with one attached hydrogen (secondary N) is 1. The van der Waals surface area contributed by atoms with E-state index in [1.165, 1.54) is 0 Å². The van der Waals surface area contributed by atoms with Crippen molar-refractivity contribution in [3.05, 3.63) is 0 Å². The molecule has 0 radical (unpaired) electrons. The van der Waals surface area contributed by atoms with Gasteiger partial charge in [0, 0.05) is 12.1 Å². The third-order valence-electron chi connectivity index (χ3n) is 3.31. The van der Waals surface area contributed by atoms with Crippen LogP contribution in [0.5, 0.6) is 0 Å². The lowest BCUT2D eigenvalue weighted by molar-refractivity contribution is -0.150. The second-order valence-corrected chi connectivity index (χ2v) is 4.81. The lowest BCUT2D eigenvalue weighted by Crippen LogP contribution is -2.42. The zero-order chi connectivity index (χ0) is 12.9. The van der Waals surface area contributed by atoms with Crippen LogP contribution in [0.4, 0.5) is 13.2 Å². The van der Waals surface area contributed by atoms with Crippen molar-refractivity contribution in [3.63, 3.8) is 0 Å². The highest BCUT2D eigenvalue weighted by atomic mass is 19.4. The Hall–Kier alpha value is -0.290. The topological polar surface area (TPSA) is 15.3 Å². The zero-order valence-corrected chi connectivity index (χ0v) is 10.7. The SMILES string of the molecule is CCCN(CC(F)(F)F)C1CCC(NCC)C1. The predicted octanol–water partition coefficient (Wildman–Crippen LogP) is 2.79. The summed E-state index contributed by atoms with van der Waals surface area (Å²) in [7, 11) is 0. The smallest absolute Gasteiger partial charge is 0.314 e. The first-order valence-electron chi connectivity index (χ1n) is 6.50. The van der Waals surface area contributed by atoms with Gasteiger partial charge in [0.25, 0.3) is 0 Å². The van der Waals surface area contributed by atoms with Crippen LogP contribution in [0.15, 0.2) is 0 Å². The first-order chi connectivity index (χ1) is 7.96. The van der Waals surface area contributed by atoms with Gasteiger partial charge >= 0.3 is 6.18 Å². The molecular formula is C12H23F3N2. The second-order valence-electron chi connectivity index (χ2n) is 4.81. The van der Waals surface area contributed by atoms with E-state index in [1.54, 1.807) is 4.90 Å². The Bertz CT molecular complexity index is 218. The molecular weight excluding hydrogens is 229 g/mol. The molecule has 1 aliphatic carbocycles. The van der Waals surface area contributed by atoms with Crippen molar-refractivity contribution < 1.29 is 13.2 Å². The summed E-state index contributed by atoms with van der Waals surface area (Å²) in [6, 6.07) is 0.498. The average molecular weight is 252 g/mol. The number of hydrogen-bond acceptors (Lipinski definition) is 2. The molecule has 0 aromatic carbocycles. The molecule has 17 heavy (non-hydrogen) atoms. The van der Waals surface area contributed by atoms with Crippen LogP contribution < -0.4 is 5.32 Å². The minimum atomic E-state index is -4.08. The van der Waals surface area contributed by atoms with E-state index in [0.717, 1.165) is 32.2 Å². The highest BCUT2D eigenvalue weighted by molar-refractivity contribution is 4.87. The van der Waals surface area contributed by atoms with Gasteiger partial charge in [-0.3, -0.25) is 4.90 Å². The molecule has 2 nitrogen and oxygen atoms in total. The Morgan fingerprint density at radius 2 is 1.94 bits per heavy atom. The molecule has 1 aliphatic rings. The quantitative estimate of drug-likeness (QED) is 0.782. The van der Waals surface area contributed by atoms with Gasteiger partial charge in [-0.05, 0) is 38.8 Å². The van der Waals surface area contributed by atoms with E-state index >= 15 is 0 Å².